The smallest absolute Gasteiger partial charge is 0.241 e. The van der Waals surface area contributed by atoms with E-state index < -0.39 is 11.7 Å². The van der Waals surface area contributed by atoms with Crippen molar-refractivity contribution < 1.29 is 13.2 Å². The van der Waals surface area contributed by atoms with Gasteiger partial charge in [-0.3, -0.25) is 0 Å². The van der Waals surface area contributed by atoms with Gasteiger partial charge in [0.2, 0.25) is 0 Å². The van der Waals surface area contributed by atoms with Crippen LogP contribution in [0, 0.1) is 12.8 Å². The molecule has 0 aliphatic heterocycles. The minimum absolute atomic E-state index is 0.198. The Morgan fingerprint density at radius 2 is 2.00 bits per heavy atom. The largest absolute Gasteiger partial charge is 0.416 e. The molecular formula is C13H13F3N2. The predicted octanol–water partition coefficient (Wildman–Crippen LogP) is 3.56. The monoisotopic (exact) mass is 254 g/mol. The predicted molar refractivity (Wildman–Crippen MR) is 62.0 cm³/mol. The average molecular weight is 254 g/mol. The Morgan fingerprint density at radius 1 is 1.28 bits per heavy atom. The van der Waals surface area contributed by atoms with Crippen molar-refractivity contribution in [3.63, 3.8) is 0 Å². The lowest BCUT2D eigenvalue weighted by molar-refractivity contribution is -0.0889. The summed E-state index contributed by atoms with van der Waals surface area (Å²) in [6.07, 6.45) is 1.21. The van der Waals surface area contributed by atoms with Crippen LogP contribution in [0.15, 0.2) is 36.1 Å². The summed E-state index contributed by atoms with van der Waals surface area (Å²) < 4.78 is 37.7. The highest BCUT2D eigenvalue weighted by Gasteiger charge is 2.35. The molecule has 1 aromatic rings. The number of nitrogens with zero attached hydrogens (tertiary/aromatic N) is 2. The molecule has 0 saturated heterocycles. The van der Waals surface area contributed by atoms with Crippen molar-refractivity contribution in [2.45, 2.75) is 25.9 Å². The van der Waals surface area contributed by atoms with Gasteiger partial charge < -0.3 is 0 Å². The van der Waals surface area contributed by atoms with E-state index >= 15 is 0 Å². The zero-order valence-electron chi connectivity index (χ0n) is 10.1. The standard InChI is InChI=1S/C13H13F3N2/c1-8-7-10(13(14,15)16)3-4-11(8)12-17-6-5-9(2)18-12/h3-8,11H,1-2H3. The Morgan fingerprint density at radius 3 is 2.56 bits per heavy atom. The molecule has 2 atom stereocenters. The molecule has 1 aliphatic rings. The van der Waals surface area contributed by atoms with E-state index in [1.54, 1.807) is 19.2 Å². The van der Waals surface area contributed by atoms with Gasteiger partial charge in [-0.25, -0.2) is 9.97 Å². The molecule has 1 aliphatic carbocycles. The maximum Gasteiger partial charge on any atom is 0.416 e. The first-order valence-electron chi connectivity index (χ1n) is 5.64. The molecule has 2 unspecified atom stereocenters. The summed E-state index contributed by atoms with van der Waals surface area (Å²) in [6.45, 7) is 3.57. The van der Waals surface area contributed by atoms with Crippen molar-refractivity contribution in [1.82, 2.24) is 9.97 Å². The van der Waals surface area contributed by atoms with Crippen molar-refractivity contribution in [3.8, 4) is 0 Å². The van der Waals surface area contributed by atoms with Crippen molar-refractivity contribution in [1.29, 1.82) is 0 Å². The fraction of sp³-hybridized carbons (Fsp3) is 0.385. The Kier molecular flexibility index (Phi) is 3.24. The summed E-state index contributed by atoms with van der Waals surface area (Å²) in [7, 11) is 0. The van der Waals surface area contributed by atoms with Crippen molar-refractivity contribution in [2.24, 2.45) is 5.92 Å². The molecule has 2 nitrogen and oxygen atoms in total. The molecule has 0 radical (unpaired) electrons. The van der Waals surface area contributed by atoms with Crippen LogP contribution in [0.5, 0.6) is 0 Å². The van der Waals surface area contributed by atoms with Gasteiger partial charge in [0.15, 0.2) is 0 Å². The van der Waals surface area contributed by atoms with Gasteiger partial charge in [0, 0.05) is 17.8 Å². The summed E-state index contributed by atoms with van der Waals surface area (Å²) in [5.41, 5.74) is 0.213. The molecular weight excluding hydrogens is 241 g/mol. The summed E-state index contributed by atoms with van der Waals surface area (Å²) >= 11 is 0. The van der Waals surface area contributed by atoms with E-state index in [1.807, 2.05) is 6.92 Å². The lowest BCUT2D eigenvalue weighted by Gasteiger charge is -2.22. The molecule has 0 saturated carbocycles. The number of rotatable bonds is 1. The minimum atomic E-state index is -4.29. The van der Waals surface area contributed by atoms with Gasteiger partial charge in [-0.05, 0) is 18.9 Å². The van der Waals surface area contributed by atoms with Crippen molar-refractivity contribution in [3.05, 3.63) is 47.6 Å². The van der Waals surface area contributed by atoms with E-state index in [-0.39, 0.29) is 11.8 Å². The number of alkyl halides is 3. The van der Waals surface area contributed by atoms with Crippen LogP contribution in [0.25, 0.3) is 0 Å². The van der Waals surface area contributed by atoms with Crippen molar-refractivity contribution >= 4 is 0 Å². The summed E-state index contributed by atoms with van der Waals surface area (Å²) in [4.78, 5) is 8.39. The highest BCUT2D eigenvalue weighted by atomic mass is 19.4. The molecule has 5 heteroatoms. The van der Waals surface area contributed by atoms with Crippen LogP contribution < -0.4 is 0 Å². The number of halogens is 3. The van der Waals surface area contributed by atoms with Gasteiger partial charge in [0.05, 0.1) is 5.57 Å². The molecule has 0 spiro atoms. The Balaban J connectivity index is 2.26. The highest BCUT2D eigenvalue weighted by molar-refractivity contribution is 5.33. The molecule has 0 aromatic carbocycles. The van der Waals surface area contributed by atoms with E-state index in [2.05, 4.69) is 9.97 Å². The molecule has 18 heavy (non-hydrogen) atoms. The molecule has 2 rings (SSSR count). The SMILES string of the molecule is Cc1ccnc(C2C=CC(C(F)(F)F)=CC2C)n1. The van der Waals surface area contributed by atoms with Crippen LogP contribution in [0.4, 0.5) is 13.2 Å². The fourth-order valence-corrected chi connectivity index (χ4v) is 1.96. The second kappa shape index (κ2) is 4.55. The van der Waals surface area contributed by atoms with Gasteiger partial charge in [-0.2, -0.15) is 13.2 Å². The van der Waals surface area contributed by atoms with Gasteiger partial charge in [-0.15, -0.1) is 0 Å². The Hall–Kier alpha value is -1.65. The van der Waals surface area contributed by atoms with Crippen LogP contribution >= 0.6 is 0 Å². The summed E-state index contributed by atoms with van der Waals surface area (Å²) in [5.74, 6) is 0.0978. The third kappa shape index (κ3) is 2.60. The van der Waals surface area contributed by atoms with Gasteiger partial charge >= 0.3 is 6.18 Å². The Bertz CT molecular complexity index is 503. The Labute approximate surface area is 103 Å². The fourth-order valence-electron chi connectivity index (χ4n) is 1.96. The lowest BCUT2D eigenvalue weighted by atomic mass is 9.86. The number of hydrogen-bond acceptors (Lipinski definition) is 2. The van der Waals surface area contributed by atoms with Gasteiger partial charge in [-0.1, -0.05) is 25.2 Å². The third-order valence-electron chi connectivity index (χ3n) is 2.93. The van der Waals surface area contributed by atoms with Gasteiger partial charge in [0.25, 0.3) is 0 Å². The first-order valence-corrected chi connectivity index (χ1v) is 5.64. The zero-order chi connectivity index (χ0) is 13.3. The average Bonchev–Trinajstić information content (AvgIpc) is 2.27. The number of aryl methyl sites for hydroxylation is 1. The van der Waals surface area contributed by atoms with Crippen LogP contribution in [-0.2, 0) is 0 Å². The van der Waals surface area contributed by atoms with Crippen LogP contribution in [0.1, 0.15) is 24.4 Å². The second-order valence-electron chi connectivity index (χ2n) is 4.42. The third-order valence-corrected chi connectivity index (χ3v) is 2.93. The zero-order valence-corrected chi connectivity index (χ0v) is 10.1. The minimum Gasteiger partial charge on any atom is -0.241 e. The first kappa shape index (κ1) is 12.8. The number of hydrogen-bond donors (Lipinski definition) is 0. The number of allylic oxidation sites excluding steroid dienone is 4. The van der Waals surface area contributed by atoms with E-state index in [0.717, 1.165) is 11.8 Å². The van der Waals surface area contributed by atoms with E-state index in [4.69, 9.17) is 0 Å². The topological polar surface area (TPSA) is 25.8 Å². The van der Waals surface area contributed by atoms with E-state index in [9.17, 15) is 13.2 Å². The second-order valence-corrected chi connectivity index (χ2v) is 4.42. The molecule has 0 N–H and O–H groups in total. The summed E-state index contributed by atoms with van der Waals surface area (Å²) in [6, 6.07) is 1.76. The van der Waals surface area contributed by atoms with E-state index in [0.29, 0.717) is 5.82 Å². The summed E-state index contributed by atoms with van der Waals surface area (Å²) in [5, 5.41) is 0. The van der Waals surface area contributed by atoms with Gasteiger partial charge in [0.1, 0.15) is 5.82 Å². The maximum atomic E-state index is 12.6. The maximum absolute atomic E-state index is 12.6. The van der Waals surface area contributed by atoms with Crippen molar-refractivity contribution in [2.75, 3.05) is 0 Å². The molecule has 1 heterocycles. The highest BCUT2D eigenvalue weighted by Crippen LogP contribution is 2.36. The number of aromatic nitrogens is 2. The van der Waals surface area contributed by atoms with Crippen LogP contribution in [0.3, 0.4) is 0 Å². The van der Waals surface area contributed by atoms with Crippen LogP contribution in [0.2, 0.25) is 0 Å². The van der Waals surface area contributed by atoms with Crippen LogP contribution in [-0.4, -0.2) is 16.1 Å². The molecule has 0 fully saturated rings. The quantitative estimate of drug-likeness (QED) is 0.765. The first-order chi connectivity index (χ1) is 8.38. The molecule has 96 valence electrons. The molecule has 0 amide bonds. The lowest BCUT2D eigenvalue weighted by Crippen LogP contribution is -2.18. The molecule has 0 bridgehead atoms. The molecule has 1 aromatic heterocycles. The van der Waals surface area contributed by atoms with E-state index in [1.165, 1.54) is 12.2 Å². The normalized spacial score (nSPS) is 23.9.